The third-order valence-electron chi connectivity index (χ3n) is 3.68. The lowest BCUT2D eigenvalue weighted by Gasteiger charge is -2.15. The third kappa shape index (κ3) is 3.38. The van der Waals surface area contributed by atoms with Gasteiger partial charge in [-0.2, -0.15) is 0 Å². The maximum atomic E-state index is 12.6. The lowest BCUT2D eigenvalue weighted by Crippen LogP contribution is -2.10. The van der Waals surface area contributed by atoms with Crippen LogP contribution in [0.15, 0.2) is 65.8 Å². The van der Waals surface area contributed by atoms with Crippen LogP contribution in [0, 0.1) is 0 Å². The molecule has 7 heteroatoms. The Balaban J connectivity index is 2.38. The van der Waals surface area contributed by atoms with Crippen molar-refractivity contribution in [3.63, 3.8) is 0 Å². The average molecular weight is 345 g/mol. The molecule has 2 aromatic carbocycles. The largest absolute Gasteiger partial charge is 0.462 e. The van der Waals surface area contributed by atoms with Gasteiger partial charge in [0.2, 0.25) is 0 Å². The van der Waals surface area contributed by atoms with Gasteiger partial charge >= 0.3 is 5.97 Å². The molecule has 128 valence electrons. The summed E-state index contributed by atoms with van der Waals surface area (Å²) in [6, 6.07) is 18.7. The number of hydrogen-bond donors (Lipinski definition) is 0. The number of esters is 1. The first-order valence-corrected chi connectivity index (χ1v) is 8.00. The number of hydrogen-bond acceptors (Lipinski definition) is 5. The van der Waals surface area contributed by atoms with Gasteiger partial charge in [-0.1, -0.05) is 60.7 Å². The molecule has 3 rings (SSSR count). The molecule has 1 heterocycles. The van der Waals surface area contributed by atoms with Crippen LogP contribution in [0.4, 0.5) is 5.82 Å². The smallest absolute Gasteiger partial charge is 0.340 e. The minimum atomic E-state index is -0.610. The van der Waals surface area contributed by atoms with Crippen LogP contribution in [0.2, 0.25) is 0 Å². The molecule has 0 aliphatic carbocycles. The van der Waals surface area contributed by atoms with E-state index < -0.39 is 5.97 Å². The molecule has 0 amide bonds. The average Bonchev–Trinajstić information content (AvgIpc) is 2.69. The number of carbonyl (C=O) groups excluding carboxylic acids is 1. The first-order valence-electron chi connectivity index (χ1n) is 8.00. The van der Waals surface area contributed by atoms with Gasteiger partial charge < -0.3 is 4.74 Å². The first-order chi connectivity index (χ1) is 12.8. The van der Waals surface area contributed by atoms with Crippen molar-refractivity contribution in [2.24, 2.45) is 5.11 Å². The molecule has 0 aliphatic rings. The molecule has 0 bridgehead atoms. The highest BCUT2D eigenvalue weighted by Gasteiger charge is 2.24. The zero-order chi connectivity index (χ0) is 18.4. The Morgan fingerprint density at radius 2 is 1.65 bits per heavy atom. The summed E-state index contributed by atoms with van der Waals surface area (Å²) >= 11 is 0. The molecular formula is C19H15N5O2. The molecule has 0 saturated carbocycles. The van der Waals surface area contributed by atoms with Crippen LogP contribution >= 0.6 is 0 Å². The van der Waals surface area contributed by atoms with Crippen molar-refractivity contribution in [1.29, 1.82) is 0 Å². The summed E-state index contributed by atoms with van der Waals surface area (Å²) in [4.78, 5) is 15.4. The van der Waals surface area contributed by atoms with E-state index in [0.29, 0.717) is 11.3 Å². The van der Waals surface area contributed by atoms with Crippen molar-refractivity contribution in [2.45, 2.75) is 6.92 Å². The number of azide groups is 1. The highest BCUT2D eigenvalue weighted by atomic mass is 16.5. The van der Waals surface area contributed by atoms with Gasteiger partial charge in [0.15, 0.2) is 5.82 Å². The Kier molecular flexibility index (Phi) is 5.22. The van der Waals surface area contributed by atoms with Crippen molar-refractivity contribution in [3.05, 3.63) is 76.7 Å². The molecule has 0 spiro atoms. The first kappa shape index (κ1) is 17.1. The van der Waals surface area contributed by atoms with Crippen molar-refractivity contribution >= 4 is 11.8 Å². The van der Waals surface area contributed by atoms with Gasteiger partial charge in [0.25, 0.3) is 0 Å². The van der Waals surface area contributed by atoms with E-state index in [1.54, 1.807) is 6.92 Å². The molecule has 0 saturated heterocycles. The number of rotatable bonds is 5. The molecule has 1 aromatic heterocycles. The topological polar surface area (TPSA) is 101 Å². The number of aromatic nitrogens is 2. The van der Waals surface area contributed by atoms with Crippen molar-refractivity contribution in [3.8, 4) is 22.4 Å². The van der Waals surface area contributed by atoms with Gasteiger partial charge in [0.1, 0.15) is 5.69 Å². The number of benzene rings is 2. The van der Waals surface area contributed by atoms with E-state index in [4.69, 9.17) is 10.3 Å². The van der Waals surface area contributed by atoms with Gasteiger partial charge in [-0.05, 0) is 23.1 Å². The second kappa shape index (κ2) is 7.92. The Labute approximate surface area is 149 Å². The lowest BCUT2D eigenvalue weighted by molar-refractivity contribution is 0.0527. The highest BCUT2D eigenvalue weighted by molar-refractivity contribution is 6.04. The van der Waals surface area contributed by atoms with Gasteiger partial charge in [-0.25, -0.2) is 4.79 Å². The van der Waals surface area contributed by atoms with Crippen LogP contribution in [-0.2, 0) is 4.74 Å². The van der Waals surface area contributed by atoms with E-state index in [9.17, 15) is 4.79 Å². The van der Waals surface area contributed by atoms with Crippen molar-refractivity contribution in [2.75, 3.05) is 6.61 Å². The minimum absolute atomic E-state index is 0.102. The number of carbonyl (C=O) groups is 1. The summed E-state index contributed by atoms with van der Waals surface area (Å²) in [6.07, 6.45) is 0. The zero-order valence-corrected chi connectivity index (χ0v) is 14.0. The standard InChI is InChI=1S/C19H15N5O2/c1-2-26-19(25)16-15(13-9-5-3-6-10-13)17(14-11-7-4-8-12-14)21-22-18(16)23-24-20/h3-12H,2H2,1H3. The minimum Gasteiger partial charge on any atom is -0.462 e. The van der Waals surface area contributed by atoms with Gasteiger partial charge in [-0.15, -0.1) is 10.2 Å². The fourth-order valence-electron chi connectivity index (χ4n) is 2.62. The van der Waals surface area contributed by atoms with Crippen LogP contribution in [0.3, 0.4) is 0 Å². The maximum Gasteiger partial charge on any atom is 0.340 e. The highest BCUT2D eigenvalue weighted by Crippen LogP contribution is 2.37. The molecule has 0 fully saturated rings. The van der Waals surface area contributed by atoms with E-state index in [1.165, 1.54) is 0 Å². The molecular weight excluding hydrogens is 330 g/mol. The van der Waals surface area contributed by atoms with Crippen molar-refractivity contribution in [1.82, 2.24) is 10.2 Å². The van der Waals surface area contributed by atoms with Gasteiger partial charge in [0.05, 0.1) is 12.2 Å². The van der Waals surface area contributed by atoms with E-state index in [-0.39, 0.29) is 18.0 Å². The zero-order valence-electron chi connectivity index (χ0n) is 14.0. The Morgan fingerprint density at radius 3 is 2.23 bits per heavy atom. The van der Waals surface area contributed by atoms with E-state index in [2.05, 4.69) is 20.2 Å². The van der Waals surface area contributed by atoms with Crippen LogP contribution in [0.5, 0.6) is 0 Å². The van der Waals surface area contributed by atoms with Crippen LogP contribution in [0.25, 0.3) is 32.8 Å². The number of ether oxygens (including phenoxy) is 1. The molecule has 0 unspecified atom stereocenters. The predicted molar refractivity (Wildman–Crippen MR) is 97.7 cm³/mol. The van der Waals surface area contributed by atoms with Crippen LogP contribution < -0.4 is 0 Å². The maximum absolute atomic E-state index is 12.6. The molecule has 26 heavy (non-hydrogen) atoms. The van der Waals surface area contributed by atoms with Gasteiger partial charge in [-0.3, -0.25) is 0 Å². The summed E-state index contributed by atoms with van der Waals surface area (Å²) in [5, 5.41) is 11.7. The summed E-state index contributed by atoms with van der Waals surface area (Å²) in [7, 11) is 0. The Morgan fingerprint density at radius 1 is 1.04 bits per heavy atom. The van der Waals surface area contributed by atoms with Crippen molar-refractivity contribution < 1.29 is 9.53 Å². The third-order valence-corrected chi connectivity index (χ3v) is 3.68. The molecule has 3 aromatic rings. The summed E-state index contributed by atoms with van der Waals surface area (Å²) < 4.78 is 5.18. The summed E-state index contributed by atoms with van der Waals surface area (Å²) in [5.74, 6) is -0.717. The predicted octanol–water partition coefficient (Wildman–Crippen LogP) is 4.93. The van der Waals surface area contributed by atoms with Gasteiger partial charge in [0, 0.05) is 16.0 Å². The SMILES string of the molecule is CCOC(=O)c1c(N=[N+]=[N-])nnc(-c2ccccc2)c1-c1ccccc1. The Hall–Kier alpha value is -3.70. The quantitative estimate of drug-likeness (QED) is 0.283. The number of nitrogens with zero attached hydrogens (tertiary/aromatic N) is 5. The molecule has 7 nitrogen and oxygen atoms in total. The van der Waals surface area contributed by atoms with E-state index in [1.807, 2.05) is 60.7 Å². The molecule has 0 atom stereocenters. The lowest BCUT2D eigenvalue weighted by atomic mass is 9.95. The van der Waals surface area contributed by atoms with Crippen LogP contribution in [0.1, 0.15) is 17.3 Å². The monoisotopic (exact) mass is 345 g/mol. The van der Waals surface area contributed by atoms with Crippen LogP contribution in [-0.4, -0.2) is 22.8 Å². The summed E-state index contributed by atoms with van der Waals surface area (Å²) in [5.41, 5.74) is 11.5. The molecule has 0 radical (unpaired) electrons. The normalized spacial score (nSPS) is 10.0. The molecule has 0 N–H and O–H groups in total. The second-order valence-electron chi connectivity index (χ2n) is 5.26. The van der Waals surface area contributed by atoms with E-state index >= 15 is 0 Å². The van der Waals surface area contributed by atoms with E-state index in [0.717, 1.165) is 11.1 Å². The molecule has 0 aliphatic heterocycles. The fourth-order valence-corrected chi connectivity index (χ4v) is 2.62. The summed E-state index contributed by atoms with van der Waals surface area (Å²) in [6.45, 7) is 1.89. The Bertz CT molecular complexity index is 968. The fraction of sp³-hybridized carbons (Fsp3) is 0.105. The second-order valence-corrected chi connectivity index (χ2v) is 5.26.